The van der Waals surface area contributed by atoms with Crippen LogP contribution in [0.3, 0.4) is 0 Å². The van der Waals surface area contributed by atoms with Crippen LogP contribution in [0.4, 0.5) is 0 Å². The van der Waals surface area contributed by atoms with Gasteiger partial charge >= 0.3 is 5.97 Å². The Balaban J connectivity index is 3.39. The van der Waals surface area contributed by atoms with E-state index in [1.165, 1.54) is 340 Å². The van der Waals surface area contributed by atoms with Gasteiger partial charge in [0.1, 0.15) is 0 Å². The summed E-state index contributed by atoms with van der Waals surface area (Å²) in [6.45, 7) is 4.95. The Hall–Kier alpha value is -1.40. The lowest BCUT2D eigenvalue weighted by Crippen LogP contribution is -2.45. The average Bonchev–Trinajstić information content (AvgIpc) is 3.43. The summed E-state index contributed by atoms with van der Waals surface area (Å²) in [4.78, 5) is 24.6. The highest BCUT2D eigenvalue weighted by atomic mass is 16.5. The van der Waals surface area contributed by atoms with E-state index in [1.54, 1.807) is 6.08 Å². The Morgan fingerprint density at radius 1 is 0.351 bits per heavy atom. The largest absolute Gasteiger partial charge is 0.466 e. The van der Waals surface area contributed by atoms with Crippen molar-refractivity contribution < 1.29 is 24.5 Å². The smallest absolute Gasteiger partial charge is 0.305 e. The number of carbonyl (C=O) groups is 2. The lowest BCUT2D eigenvalue weighted by molar-refractivity contribution is -0.143. The molecule has 0 saturated heterocycles. The van der Waals surface area contributed by atoms with Gasteiger partial charge < -0.3 is 20.3 Å². The number of carbonyl (C=O) groups excluding carboxylic acids is 2. The molecule has 458 valence electrons. The summed E-state index contributed by atoms with van der Waals surface area (Å²) in [5, 5.41) is 23.3. The van der Waals surface area contributed by atoms with E-state index in [9.17, 15) is 19.8 Å². The summed E-state index contributed by atoms with van der Waals surface area (Å²) in [5.41, 5.74) is 0. The Morgan fingerprint density at radius 3 is 0.883 bits per heavy atom. The van der Waals surface area contributed by atoms with Gasteiger partial charge in [0.2, 0.25) is 5.91 Å². The second-order valence-corrected chi connectivity index (χ2v) is 24.6. The number of hydrogen-bond donors (Lipinski definition) is 3. The lowest BCUT2D eigenvalue weighted by atomic mass is 10.0. The predicted octanol–water partition coefficient (Wildman–Crippen LogP) is 22.8. The first-order chi connectivity index (χ1) is 38.0. The van der Waals surface area contributed by atoms with Crippen LogP contribution in [0.15, 0.2) is 12.2 Å². The molecule has 0 fully saturated rings. The molecule has 77 heavy (non-hydrogen) atoms. The van der Waals surface area contributed by atoms with Crippen LogP contribution < -0.4 is 5.32 Å². The van der Waals surface area contributed by atoms with Crippen LogP contribution in [-0.4, -0.2) is 47.4 Å². The fourth-order valence-corrected chi connectivity index (χ4v) is 11.4. The van der Waals surface area contributed by atoms with Crippen LogP contribution in [-0.2, 0) is 14.3 Å². The molecule has 0 radical (unpaired) electrons. The van der Waals surface area contributed by atoms with Gasteiger partial charge in [-0.3, -0.25) is 9.59 Å². The van der Waals surface area contributed by atoms with Crippen LogP contribution in [0.2, 0.25) is 0 Å². The third kappa shape index (κ3) is 63.6. The summed E-state index contributed by atoms with van der Waals surface area (Å²) >= 11 is 0. The van der Waals surface area contributed by atoms with Crippen molar-refractivity contribution in [1.82, 2.24) is 5.32 Å². The quantitative estimate of drug-likeness (QED) is 0.0320. The molecule has 2 unspecified atom stereocenters. The molecule has 0 heterocycles. The number of aliphatic hydroxyl groups is 2. The first-order valence-corrected chi connectivity index (χ1v) is 35.5. The van der Waals surface area contributed by atoms with E-state index in [2.05, 4.69) is 19.2 Å². The molecule has 0 aromatic heterocycles. The van der Waals surface area contributed by atoms with Gasteiger partial charge in [0.05, 0.1) is 25.4 Å². The molecule has 0 saturated carbocycles. The van der Waals surface area contributed by atoms with E-state index in [1.807, 2.05) is 6.08 Å². The summed E-state index contributed by atoms with van der Waals surface area (Å²) in [7, 11) is 0. The minimum Gasteiger partial charge on any atom is -0.466 e. The average molecular weight is 1090 g/mol. The highest BCUT2D eigenvalue weighted by Gasteiger charge is 2.18. The van der Waals surface area contributed by atoms with Gasteiger partial charge in [0.15, 0.2) is 0 Å². The first kappa shape index (κ1) is 75.6. The number of amides is 1. The highest BCUT2D eigenvalue weighted by molar-refractivity contribution is 5.76. The molecule has 3 N–H and O–H groups in total. The standard InChI is InChI=1S/C71H139NO5/c1-3-5-7-9-11-13-15-17-19-20-21-22-24-27-30-33-36-39-43-47-51-55-59-63-69(74)68(67-73)72-70(75)64-60-56-52-48-44-40-37-34-31-28-25-23-26-29-32-35-38-42-46-50-54-58-62-66-77-71(76)65-61-57-53-49-45-41-18-16-14-12-10-8-6-4-2/h59,63,68-69,73-74H,3-58,60-62,64-67H2,1-2H3,(H,72,75)/b63-59+. The van der Waals surface area contributed by atoms with Gasteiger partial charge in [0.25, 0.3) is 0 Å². The molecule has 2 atom stereocenters. The molecule has 0 aliphatic heterocycles. The number of ether oxygens (including phenoxy) is 1. The number of aliphatic hydroxyl groups excluding tert-OH is 2. The number of rotatable bonds is 67. The monoisotopic (exact) mass is 1090 g/mol. The zero-order valence-electron chi connectivity index (χ0n) is 52.5. The maximum atomic E-state index is 12.5. The molecule has 0 aromatic carbocycles. The Kier molecular flexibility index (Phi) is 65.9. The van der Waals surface area contributed by atoms with Gasteiger partial charge in [0, 0.05) is 12.8 Å². The van der Waals surface area contributed by atoms with Gasteiger partial charge in [-0.1, -0.05) is 373 Å². The van der Waals surface area contributed by atoms with Gasteiger partial charge in [-0.15, -0.1) is 0 Å². The Bertz CT molecular complexity index is 1160. The first-order valence-electron chi connectivity index (χ1n) is 35.5. The minimum atomic E-state index is -0.845. The summed E-state index contributed by atoms with van der Waals surface area (Å²) in [6, 6.07) is -0.628. The van der Waals surface area contributed by atoms with Crippen molar-refractivity contribution in [3.63, 3.8) is 0 Å². The molecule has 1 amide bonds. The van der Waals surface area contributed by atoms with E-state index in [0.29, 0.717) is 19.4 Å². The molecule has 0 rings (SSSR count). The van der Waals surface area contributed by atoms with Crippen molar-refractivity contribution in [3.05, 3.63) is 12.2 Å². The second-order valence-electron chi connectivity index (χ2n) is 24.6. The van der Waals surface area contributed by atoms with Crippen molar-refractivity contribution in [2.75, 3.05) is 13.2 Å². The number of hydrogen-bond acceptors (Lipinski definition) is 5. The maximum absolute atomic E-state index is 12.5. The SMILES string of the molecule is CCCCCCCCCCCCCCCCCCCCCCC/C=C/C(O)C(CO)NC(=O)CCCCCCCCCCCCCCCCCCCCCCCCCOC(=O)CCCCCCCCCCCCCCCC. The van der Waals surface area contributed by atoms with E-state index in [-0.39, 0.29) is 18.5 Å². The molecule has 6 heteroatoms. The predicted molar refractivity (Wildman–Crippen MR) is 338 cm³/mol. The zero-order valence-corrected chi connectivity index (χ0v) is 52.5. The summed E-state index contributed by atoms with van der Waals surface area (Å²) < 4.78 is 5.49. The fraction of sp³-hybridized carbons (Fsp3) is 0.944. The van der Waals surface area contributed by atoms with Crippen molar-refractivity contribution in [2.45, 2.75) is 418 Å². The van der Waals surface area contributed by atoms with Crippen LogP contribution in [0, 0.1) is 0 Å². The van der Waals surface area contributed by atoms with E-state index in [0.717, 1.165) is 38.5 Å². The number of allylic oxidation sites excluding steroid dienone is 1. The molecule has 0 aliphatic rings. The van der Waals surface area contributed by atoms with Crippen molar-refractivity contribution in [2.24, 2.45) is 0 Å². The highest BCUT2D eigenvalue weighted by Crippen LogP contribution is 2.19. The molecule has 6 nitrogen and oxygen atoms in total. The van der Waals surface area contributed by atoms with E-state index < -0.39 is 12.1 Å². The van der Waals surface area contributed by atoms with Crippen LogP contribution >= 0.6 is 0 Å². The number of nitrogens with one attached hydrogen (secondary N) is 1. The Labute approximate surface area is 482 Å². The van der Waals surface area contributed by atoms with Gasteiger partial charge in [-0.25, -0.2) is 0 Å². The number of esters is 1. The topological polar surface area (TPSA) is 95.9 Å². The molecule has 0 bridgehead atoms. The zero-order chi connectivity index (χ0) is 55.7. The van der Waals surface area contributed by atoms with Gasteiger partial charge in [-0.05, 0) is 32.1 Å². The van der Waals surface area contributed by atoms with Crippen LogP contribution in [0.1, 0.15) is 406 Å². The van der Waals surface area contributed by atoms with Crippen molar-refractivity contribution in [1.29, 1.82) is 0 Å². The van der Waals surface area contributed by atoms with Gasteiger partial charge in [-0.2, -0.15) is 0 Å². The minimum absolute atomic E-state index is 0.0173. The van der Waals surface area contributed by atoms with E-state index >= 15 is 0 Å². The van der Waals surface area contributed by atoms with Crippen LogP contribution in [0.25, 0.3) is 0 Å². The third-order valence-electron chi connectivity index (χ3n) is 16.8. The second kappa shape index (κ2) is 67.1. The fourth-order valence-electron chi connectivity index (χ4n) is 11.4. The maximum Gasteiger partial charge on any atom is 0.305 e. The lowest BCUT2D eigenvalue weighted by Gasteiger charge is -2.20. The van der Waals surface area contributed by atoms with Crippen LogP contribution in [0.5, 0.6) is 0 Å². The Morgan fingerprint density at radius 2 is 0.597 bits per heavy atom. The molecular formula is C71H139NO5. The van der Waals surface area contributed by atoms with Crippen molar-refractivity contribution >= 4 is 11.9 Å². The molecule has 0 aliphatic carbocycles. The molecular weight excluding hydrogens is 947 g/mol. The molecule has 0 spiro atoms. The number of unbranched alkanes of at least 4 members (excludes halogenated alkanes) is 56. The normalized spacial score (nSPS) is 12.5. The summed E-state index contributed by atoms with van der Waals surface area (Å²) in [6.07, 6.45) is 82.9. The van der Waals surface area contributed by atoms with Crippen molar-refractivity contribution in [3.8, 4) is 0 Å². The molecule has 0 aromatic rings. The van der Waals surface area contributed by atoms with E-state index in [4.69, 9.17) is 4.74 Å². The third-order valence-corrected chi connectivity index (χ3v) is 16.8. The summed E-state index contributed by atoms with van der Waals surface area (Å²) in [5.74, 6) is -0.0451.